The van der Waals surface area contributed by atoms with Crippen molar-refractivity contribution in [2.24, 2.45) is 13.0 Å². The lowest BCUT2D eigenvalue weighted by Crippen LogP contribution is -2.46. The average Bonchev–Trinajstić information content (AvgIpc) is 3.49. The van der Waals surface area contributed by atoms with Crippen molar-refractivity contribution < 1.29 is 9.59 Å². The van der Waals surface area contributed by atoms with Crippen LogP contribution in [0.5, 0.6) is 0 Å². The third kappa shape index (κ3) is 4.56. The van der Waals surface area contributed by atoms with Crippen molar-refractivity contribution in [3.05, 3.63) is 53.9 Å². The molecule has 3 N–H and O–H groups in total. The highest BCUT2D eigenvalue weighted by molar-refractivity contribution is 7.21. The minimum Gasteiger partial charge on any atom is -0.383 e. The molecular formula is C26H29N7O2S. The van der Waals surface area contributed by atoms with Gasteiger partial charge in [0.2, 0.25) is 0 Å². The molecular weight excluding hydrogens is 474 g/mol. The molecule has 2 amide bonds. The van der Waals surface area contributed by atoms with Gasteiger partial charge < -0.3 is 16.0 Å². The number of anilines is 2. The fourth-order valence-electron chi connectivity index (χ4n) is 4.76. The number of piperidine rings is 1. The predicted octanol–water partition coefficient (Wildman–Crippen LogP) is 4.17. The largest absolute Gasteiger partial charge is 0.383 e. The molecule has 1 saturated heterocycles. The van der Waals surface area contributed by atoms with E-state index in [1.807, 2.05) is 32.2 Å². The summed E-state index contributed by atoms with van der Waals surface area (Å²) >= 11 is 1.61. The van der Waals surface area contributed by atoms with Crippen molar-refractivity contribution in [3.63, 3.8) is 0 Å². The van der Waals surface area contributed by atoms with Gasteiger partial charge in [0.1, 0.15) is 10.8 Å². The molecule has 5 rings (SSSR count). The standard InChI is InChI=1S/C26H29N7O2S/c1-4-16-11-18(13-28-23(16)27)30-24(34)26(35)33-14-15(2)5-7-20(33)17-6-8-22-19(12-17)31-25(36-22)21-9-10-29-32(21)3/h6,8-13,15,20H,4-5,7,14H2,1-3H3,(H2,27,28)(H,30,34)/t15-,20+/m0/s1. The van der Waals surface area contributed by atoms with E-state index in [2.05, 4.69) is 28.4 Å². The van der Waals surface area contributed by atoms with Gasteiger partial charge in [-0.1, -0.05) is 19.9 Å². The molecule has 4 heterocycles. The number of pyridine rings is 1. The van der Waals surface area contributed by atoms with Crippen molar-refractivity contribution in [1.29, 1.82) is 0 Å². The molecule has 0 saturated carbocycles. The highest BCUT2D eigenvalue weighted by Crippen LogP contribution is 2.37. The number of rotatable bonds is 4. The molecule has 1 aliphatic rings. The number of thiazole rings is 1. The fraction of sp³-hybridized carbons (Fsp3) is 0.346. The van der Waals surface area contributed by atoms with Gasteiger partial charge in [-0.3, -0.25) is 14.3 Å². The van der Waals surface area contributed by atoms with Crippen LogP contribution in [0.25, 0.3) is 20.9 Å². The second-order valence-electron chi connectivity index (χ2n) is 9.32. The number of carbonyl (C=O) groups excluding carboxylic acids is 2. The predicted molar refractivity (Wildman–Crippen MR) is 141 cm³/mol. The summed E-state index contributed by atoms with van der Waals surface area (Å²) in [5.41, 5.74) is 9.99. The third-order valence-corrected chi connectivity index (χ3v) is 7.81. The fourth-order valence-corrected chi connectivity index (χ4v) is 5.76. The van der Waals surface area contributed by atoms with E-state index in [4.69, 9.17) is 10.7 Å². The molecule has 1 fully saturated rings. The summed E-state index contributed by atoms with van der Waals surface area (Å²) in [4.78, 5) is 37.0. The zero-order valence-electron chi connectivity index (χ0n) is 20.6. The molecule has 2 atom stereocenters. The molecule has 0 radical (unpaired) electrons. The van der Waals surface area contributed by atoms with Gasteiger partial charge in [0.25, 0.3) is 0 Å². The number of benzene rings is 1. The van der Waals surface area contributed by atoms with Crippen LogP contribution in [0, 0.1) is 5.92 Å². The monoisotopic (exact) mass is 503 g/mol. The van der Waals surface area contributed by atoms with Crippen molar-refractivity contribution in [1.82, 2.24) is 24.6 Å². The molecule has 1 aromatic carbocycles. The second-order valence-corrected chi connectivity index (χ2v) is 10.3. The van der Waals surface area contributed by atoms with E-state index in [1.54, 1.807) is 33.2 Å². The molecule has 186 valence electrons. The van der Waals surface area contributed by atoms with E-state index >= 15 is 0 Å². The van der Waals surface area contributed by atoms with Crippen LogP contribution in [0.3, 0.4) is 0 Å². The Morgan fingerprint density at radius 2 is 2.06 bits per heavy atom. The van der Waals surface area contributed by atoms with Crippen LogP contribution in [-0.2, 0) is 23.1 Å². The third-order valence-electron chi connectivity index (χ3n) is 6.75. The molecule has 3 aromatic heterocycles. The maximum atomic E-state index is 13.4. The lowest BCUT2D eigenvalue weighted by molar-refractivity contribution is -0.146. The van der Waals surface area contributed by atoms with E-state index in [0.29, 0.717) is 30.4 Å². The van der Waals surface area contributed by atoms with Gasteiger partial charge in [-0.2, -0.15) is 5.10 Å². The van der Waals surface area contributed by atoms with Gasteiger partial charge in [0, 0.05) is 19.8 Å². The van der Waals surface area contributed by atoms with Crippen molar-refractivity contribution in [2.75, 3.05) is 17.6 Å². The Hall–Kier alpha value is -3.79. The summed E-state index contributed by atoms with van der Waals surface area (Å²) in [7, 11) is 1.90. The van der Waals surface area contributed by atoms with E-state index in [-0.39, 0.29) is 6.04 Å². The number of nitrogen functional groups attached to an aromatic ring is 1. The Morgan fingerprint density at radius 1 is 1.22 bits per heavy atom. The average molecular weight is 504 g/mol. The quantitative estimate of drug-likeness (QED) is 0.403. The van der Waals surface area contributed by atoms with Gasteiger partial charge in [0.05, 0.1) is 33.8 Å². The number of likely N-dealkylation sites (tertiary alicyclic amines) is 1. The van der Waals surface area contributed by atoms with Crippen molar-refractivity contribution >= 4 is 44.9 Å². The SMILES string of the molecule is CCc1cc(NC(=O)C(=O)N2C[C@@H](C)CC[C@@H]2c2ccc3sc(-c4ccnn4C)nc3c2)cnc1N. The lowest BCUT2D eigenvalue weighted by Gasteiger charge is -2.38. The Bertz CT molecular complexity index is 1440. The first kappa shape index (κ1) is 23.9. The van der Waals surface area contributed by atoms with Crippen molar-refractivity contribution in [2.45, 2.75) is 39.2 Å². The van der Waals surface area contributed by atoms with Crippen LogP contribution in [0.1, 0.15) is 43.9 Å². The summed E-state index contributed by atoms with van der Waals surface area (Å²) in [6, 6.07) is 9.66. The molecule has 10 heteroatoms. The molecule has 0 unspecified atom stereocenters. The molecule has 0 aliphatic carbocycles. The summed E-state index contributed by atoms with van der Waals surface area (Å²) in [6.45, 7) is 4.59. The number of nitrogens with one attached hydrogen (secondary N) is 1. The van der Waals surface area contributed by atoms with Crippen LogP contribution in [0.4, 0.5) is 11.5 Å². The zero-order chi connectivity index (χ0) is 25.4. The lowest BCUT2D eigenvalue weighted by atomic mass is 9.89. The molecule has 36 heavy (non-hydrogen) atoms. The Kier molecular flexibility index (Phi) is 6.44. The smallest absolute Gasteiger partial charge is 0.313 e. The maximum absolute atomic E-state index is 13.4. The highest BCUT2D eigenvalue weighted by atomic mass is 32.1. The summed E-state index contributed by atoms with van der Waals surface area (Å²) in [5, 5.41) is 7.86. The molecule has 0 spiro atoms. The van der Waals surface area contributed by atoms with Gasteiger partial charge in [-0.15, -0.1) is 11.3 Å². The molecule has 9 nitrogen and oxygen atoms in total. The molecule has 4 aromatic rings. The molecule has 0 bridgehead atoms. The summed E-state index contributed by atoms with van der Waals surface area (Å²) < 4.78 is 2.87. The number of hydrogen-bond acceptors (Lipinski definition) is 7. The van der Waals surface area contributed by atoms with Gasteiger partial charge in [-0.25, -0.2) is 9.97 Å². The number of nitrogens with two attached hydrogens (primary N) is 1. The molecule has 1 aliphatic heterocycles. The Morgan fingerprint density at radius 3 is 2.81 bits per heavy atom. The van der Waals surface area contributed by atoms with E-state index in [1.165, 1.54) is 6.20 Å². The van der Waals surface area contributed by atoms with E-state index in [0.717, 1.165) is 44.9 Å². The number of aryl methyl sites for hydroxylation is 2. The Labute approximate surface area is 213 Å². The number of hydrogen-bond donors (Lipinski definition) is 2. The number of fused-ring (bicyclic) bond motifs is 1. The minimum atomic E-state index is -0.670. The first-order valence-corrected chi connectivity index (χ1v) is 12.9. The maximum Gasteiger partial charge on any atom is 0.313 e. The van der Waals surface area contributed by atoms with Crippen LogP contribution in [-0.4, -0.2) is 43.0 Å². The van der Waals surface area contributed by atoms with E-state index < -0.39 is 11.8 Å². The number of amides is 2. The van der Waals surface area contributed by atoms with Crippen molar-refractivity contribution in [3.8, 4) is 10.7 Å². The van der Waals surface area contributed by atoms with Crippen LogP contribution in [0.15, 0.2) is 42.7 Å². The first-order valence-electron chi connectivity index (χ1n) is 12.1. The summed E-state index contributed by atoms with van der Waals surface area (Å²) in [6.07, 6.45) is 5.69. The number of aromatic nitrogens is 4. The normalized spacial score (nSPS) is 17.9. The van der Waals surface area contributed by atoms with Crippen LogP contribution in [0.2, 0.25) is 0 Å². The highest BCUT2D eigenvalue weighted by Gasteiger charge is 2.34. The van der Waals surface area contributed by atoms with Gasteiger partial charge in [-0.05, 0) is 60.6 Å². The van der Waals surface area contributed by atoms with Crippen LogP contribution < -0.4 is 11.1 Å². The summed E-state index contributed by atoms with van der Waals surface area (Å²) in [5.74, 6) is -0.482. The zero-order valence-corrected chi connectivity index (χ0v) is 21.4. The Balaban J connectivity index is 1.40. The minimum absolute atomic E-state index is 0.193. The number of carbonyl (C=O) groups is 2. The van der Waals surface area contributed by atoms with Gasteiger partial charge in [0.15, 0.2) is 0 Å². The number of nitrogens with zero attached hydrogens (tertiary/aromatic N) is 5. The van der Waals surface area contributed by atoms with Crippen LogP contribution >= 0.6 is 11.3 Å². The topological polar surface area (TPSA) is 119 Å². The second kappa shape index (κ2) is 9.69. The van der Waals surface area contributed by atoms with E-state index in [9.17, 15) is 9.59 Å². The first-order chi connectivity index (χ1) is 17.3. The van der Waals surface area contributed by atoms with Gasteiger partial charge >= 0.3 is 11.8 Å².